The fourth-order valence-electron chi connectivity index (χ4n) is 3.63. The number of rotatable bonds is 7. The number of nitrogens with one attached hydrogen (secondary N) is 1. The summed E-state index contributed by atoms with van der Waals surface area (Å²) in [4.78, 5) is 17.1. The maximum Gasteiger partial charge on any atom is 0.243 e. The molecule has 0 bridgehead atoms. The van der Waals surface area contributed by atoms with E-state index in [-0.39, 0.29) is 29.8 Å². The van der Waals surface area contributed by atoms with Crippen molar-refractivity contribution in [2.75, 3.05) is 18.4 Å². The van der Waals surface area contributed by atoms with E-state index in [2.05, 4.69) is 10.3 Å². The first-order chi connectivity index (χ1) is 15.9. The van der Waals surface area contributed by atoms with Crippen molar-refractivity contribution in [2.24, 2.45) is 5.92 Å². The summed E-state index contributed by atoms with van der Waals surface area (Å²) < 4.78 is 32.7. The Morgan fingerprint density at radius 1 is 1.03 bits per heavy atom. The second kappa shape index (κ2) is 10.3. The lowest BCUT2D eigenvalue weighted by Crippen LogP contribution is -2.41. The molecule has 1 aromatic heterocycles. The molecule has 9 heteroatoms. The van der Waals surface area contributed by atoms with E-state index in [1.165, 1.54) is 16.4 Å². The van der Waals surface area contributed by atoms with E-state index in [0.717, 1.165) is 5.56 Å². The molecule has 1 aliphatic rings. The first kappa shape index (κ1) is 23.2. The number of carbonyl (C=O) groups is 1. The number of amides is 1. The number of ether oxygens (including phenoxy) is 1. The zero-order chi connectivity index (χ0) is 23.3. The Morgan fingerprint density at radius 3 is 2.36 bits per heavy atom. The number of sulfonamides is 1. The predicted octanol–water partition coefficient (Wildman–Crippen LogP) is 4.35. The van der Waals surface area contributed by atoms with Crippen LogP contribution in [0.4, 0.5) is 5.69 Å². The Labute approximate surface area is 198 Å². The third kappa shape index (κ3) is 5.90. The maximum atomic E-state index is 12.8. The third-order valence-electron chi connectivity index (χ3n) is 5.51. The number of benzene rings is 2. The monoisotopic (exact) mass is 485 g/mol. The summed E-state index contributed by atoms with van der Waals surface area (Å²) in [5, 5.41) is 3.35. The van der Waals surface area contributed by atoms with Gasteiger partial charge in [0.25, 0.3) is 0 Å². The van der Waals surface area contributed by atoms with Crippen molar-refractivity contribution < 1.29 is 17.9 Å². The molecule has 1 N–H and O–H groups in total. The number of hydrogen-bond acceptors (Lipinski definition) is 5. The van der Waals surface area contributed by atoms with E-state index in [0.29, 0.717) is 36.0 Å². The summed E-state index contributed by atoms with van der Waals surface area (Å²) in [5.41, 5.74) is 1.62. The molecule has 7 nitrogen and oxygen atoms in total. The number of carbonyl (C=O) groups excluding carboxylic acids is 1. The topological polar surface area (TPSA) is 88.6 Å². The summed E-state index contributed by atoms with van der Waals surface area (Å²) in [5.74, 6) is 0.0616. The van der Waals surface area contributed by atoms with Crippen LogP contribution >= 0.6 is 11.6 Å². The fraction of sp³-hybridized carbons (Fsp3) is 0.250. The van der Waals surface area contributed by atoms with Gasteiger partial charge in [0.15, 0.2) is 0 Å². The minimum Gasteiger partial charge on any atom is -0.473 e. The van der Waals surface area contributed by atoms with Gasteiger partial charge in [-0.1, -0.05) is 41.9 Å². The van der Waals surface area contributed by atoms with E-state index < -0.39 is 10.0 Å². The molecule has 0 saturated carbocycles. The molecule has 0 unspecified atom stereocenters. The normalized spacial score (nSPS) is 15.2. The van der Waals surface area contributed by atoms with Crippen molar-refractivity contribution in [1.82, 2.24) is 9.29 Å². The lowest BCUT2D eigenvalue weighted by Gasteiger charge is -2.30. The van der Waals surface area contributed by atoms with Crippen molar-refractivity contribution >= 4 is 33.2 Å². The van der Waals surface area contributed by atoms with Gasteiger partial charge in [-0.15, -0.1) is 0 Å². The molecule has 33 heavy (non-hydrogen) atoms. The number of piperidine rings is 1. The predicted molar refractivity (Wildman–Crippen MR) is 127 cm³/mol. The number of halogens is 1. The molecule has 0 atom stereocenters. The highest BCUT2D eigenvalue weighted by molar-refractivity contribution is 7.89. The summed E-state index contributed by atoms with van der Waals surface area (Å²) in [7, 11) is -3.60. The molecule has 1 saturated heterocycles. The van der Waals surface area contributed by atoms with E-state index in [1.54, 1.807) is 30.5 Å². The summed E-state index contributed by atoms with van der Waals surface area (Å²) >= 11 is 5.85. The summed E-state index contributed by atoms with van der Waals surface area (Å²) in [6.45, 7) is 0.984. The zero-order valence-corrected chi connectivity index (χ0v) is 19.4. The Balaban J connectivity index is 1.28. The molecule has 1 aliphatic heterocycles. The number of anilines is 1. The maximum absolute atomic E-state index is 12.8. The zero-order valence-electron chi connectivity index (χ0n) is 17.9. The van der Waals surface area contributed by atoms with Crippen molar-refractivity contribution in [2.45, 2.75) is 24.3 Å². The Bertz CT molecular complexity index is 1180. The van der Waals surface area contributed by atoms with E-state index in [4.69, 9.17) is 16.3 Å². The number of hydrogen-bond donors (Lipinski definition) is 1. The SMILES string of the molecule is O=C(Nc1ccc(OCc2ccccc2)nc1)C1CCN(S(=O)(=O)c2ccc(Cl)cc2)CC1. The molecule has 0 spiro atoms. The lowest BCUT2D eigenvalue weighted by molar-refractivity contribution is -0.120. The average molecular weight is 486 g/mol. The number of aromatic nitrogens is 1. The molecule has 172 valence electrons. The Morgan fingerprint density at radius 2 is 1.73 bits per heavy atom. The minimum absolute atomic E-state index is 0.140. The molecule has 1 fully saturated rings. The van der Waals surface area contributed by atoms with Crippen molar-refractivity contribution in [3.8, 4) is 5.88 Å². The largest absolute Gasteiger partial charge is 0.473 e. The highest BCUT2D eigenvalue weighted by atomic mass is 35.5. The van der Waals surface area contributed by atoms with Gasteiger partial charge in [0.2, 0.25) is 21.8 Å². The van der Waals surface area contributed by atoms with Crippen molar-refractivity contribution in [1.29, 1.82) is 0 Å². The Hall–Kier alpha value is -2.94. The van der Waals surface area contributed by atoms with Gasteiger partial charge in [0.05, 0.1) is 16.8 Å². The molecule has 4 rings (SSSR count). The van der Waals surface area contributed by atoms with Gasteiger partial charge in [0.1, 0.15) is 6.61 Å². The average Bonchev–Trinajstić information content (AvgIpc) is 2.84. The highest BCUT2D eigenvalue weighted by Crippen LogP contribution is 2.26. The number of nitrogens with zero attached hydrogens (tertiary/aromatic N) is 2. The molecule has 2 heterocycles. The Kier molecular flexibility index (Phi) is 7.27. The molecule has 1 amide bonds. The van der Waals surface area contributed by atoms with Crippen LogP contribution in [0.15, 0.2) is 77.8 Å². The van der Waals surface area contributed by atoms with Crippen LogP contribution in [-0.2, 0) is 21.4 Å². The van der Waals surface area contributed by atoms with Crippen LogP contribution in [0.5, 0.6) is 5.88 Å². The quantitative estimate of drug-likeness (QED) is 0.537. The lowest BCUT2D eigenvalue weighted by atomic mass is 9.97. The molecule has 3 aromatic rings. The van der Waals surface area contributed by atoms with Gasteiger partial charge in [-0.05, 0) is 48.7 Å². The molecule has 0 radical (unpaired) electrons. The van der Waals surface area contributed by atoms with Crippen LogP contribution in [0.2, 0.25) is 5.02 Å². The van der Waals surface area contributed by atoms with Crippen LogP contribution in [0.3, 0.4) is 0 Å². The van der Waals surface area contributed by atoms with Gasteiger partial charge in [0, 0.05) is 30.1 Å². The van der Waals surface area contributed by atoms with Gasteiger partial charge >= 0.3 is 0 Å². The molecule has 2 aromatic carbocycles. The first-order valence-electron chi connectivity index (χ1n) is 10.6. The highest BCUT2D eigenvalue weighted by Gasteiger charge is 2.32. The third-order valence-corrected chi connectivity index (χ3v) is 7.67. The summed E-state index contributed by atoms with van der Waals surface area (Å²) in [6.07, 6.45) is 2.45. The fourth-order valence-corrected chi connectivity index (χ4v) is 5.23. The standard InChI is InChI=1S/C24H24ClN3O4S/c25-20-6-9-22(10-7-20)33(30,31)28-14-12-19(13-15-28)24(29)27-21-8-11-23(26-16-21)32-17-18-4-2-1-3-5-18/h1-11,16,19H,12-15,17H2,(H,27,29). The van der Waals surface area contributed by atoms with Crippen LogP contribution < -0.4 is 10.1 Å². The molecular formula is C24H24ClN3O4S. The van der Waals surface area contributed by atoms with Crippen LogP contribution in [-0.4, -0.2) is 36.7 Å². The second-order valence-electron chi connectivity index (χ2n) is 7.78. The summed E-state index contributed by atoms with van der Waals surface area (Å²) in [6, 6.07) is 19.3. The van der Waals surface area contributed by atoms with Gasteiger partial charge in [-0.3, -0.25) is 4.79 Å². The molecule has 0 aliphatic carbocycles. The minimum atomic E-state index is -3.60. The number of pyridine rings is 1. The van der Waals surface area contributed by atoms with E-state index in [1.807, 2.05) is 30.3 Å². The van der Waals surface area contributed by atoms with Crippen LogP contribution in [0.25, 0.3) is 0 Å². The van der Waals surface area contributed by atoms with Gasteiger partial charge in [-0.2, -0.15) is 4.31 Å². The molecular weight excluding hydrogens is 462 g/mol. The van der Waals surface area contributed by atoms with Crippen LogP contribution in [0.1, 0.15) is 18.4 Å². The van der Waals surface area contributed by atoms with Crippen LogP contribution in [0, 0.1) is 5.92 Å². The van der Waals surface area contributed by atoms with E-state index in [9.17, 15) is 13.2 Å². The van der Waals surface area contributed by atoms with Crippen molar-refractivity contribution in [3.05, 3.63) is 83.5 Å². The van der Waals surface area contributed by atoms with Gasteiger partial charge < -0.3 is 10.1 Å². The van der Waals surface area contributed by atoms with Gasteiger partial charge in [-0.25, -0.2) is 13.4 Å². The second-order valence-corrected chi connectivity index (χ2v) is 10.2. The van der Waals surface area contributed by atoms with E-state index >= 15 is 0 Å². The first-order valence-corrected chi connectivity index (χ1v) is 12.4. The smallest absolute Gasteiger partial charge is 0.243 e. The van der Waals surface area contributed by atoms with Crippen molar-refractivity contribution in [3.63, 3.8) is 0 Å².